The average Bonchev–Trinajstić information content (AvgIpc) is 2.88. The Morgan fingerprint density at radius 2 is 1.92 bits per heavy atom. The normalized spacial score (nSPS) is 34.6. The van der Waals surface area contributed by atoms with Crippen LogP contribution in [-0.2, 0) is 28.1 Å². The second-order valence-electron chi connectivity index (χ2n) is 10.5. The zero-order valence-electron chi connectivity index (χ0n) is 22.7. The highest BCUT2D eigenvalue weighted by Crippen LogP contribution is 2.27. The van der Waals surface area contributed by atoms with Gasteiger partial charge in [0.2, 0.25) is 0 Å². The lowest BCUT2D eigenvalue weighted by molar-refractivity contribution is -0.146. The number of hydrogen-bond donors (Lipinski definition) is 0. The molecule has 0 radical (unpaired) electrons. The highest BCUT2D eigenvalue weighted by Gasteiger charge is 2.24. The van der Waals surface area contributed by atoms with Gasteiger partial charge in [0.05, 0.1) is 31.0 Å². The van der Waals surface area contributed by atoms with Crippen molar-refractivity contribution >= 4 is 24.9 Å². The average molecular weight is 563 g/mol. The van der Waals surface area contributed by atoms with Gasteiger partial charge in [-0.15, -0.1) is 0 Å². The highest BCUT2D eigenvalue weighted by atomic mass is 31.0. The molecule has 3 rings (SSSR count). The molecule has 8 heteroatoms. The van der Waals surface area contributed by atoms with Crippen molar-refractivity contribution in [3.8, 4) is 0 Å². The lowest BCUT2D eigenvalue weighted by atomic mass is 9.91. The maximum Gasteiger partial charge on any atom is 0.330 e. The van der Waals surface area contributed by atoms with E-state index in [1.165, 1.54) is 11.6 Å². The molecule has 9 atom stereocenters. The highest BCUT2D eigenvalue weighted by molar-refractivity contribution is 7.10. The maximum atomic E-state index is 12.8. The van der Waals surface area contributed by atoms with Gasteiger partial charge in [0.15, 0.2) is 0 Å². The number of carbonyl (C=O) groups is 1. The molecule has 0 aliphatic carbocycles. The van der Waals surface area contributed by atoms with Crippen molar-refractivity contribution in [2.45, 2.75) is 95.4 Å². The third kappa shape index (κ3) is 11.0. The van der Waals surface area contributed by atoms with Crippen molar-refractivity contribution in [2.24, 2.45) is 5.92 Å². The molecule has 0 fully saturated rings. The molecule has 0 saturated heterocycles. The zero-order chi connectivity index (χ0) is 27.3. The monoisotopic (exact) mass is 562 g/mol. The molecule has 3 heterocycles. The number of cyclic esters (lactones) is 1. The molecule has 3 aliphatic rings. The van der Waals surface area contributed by atoms with E-state index in [-0.39, 0.29) is 24.4 Å². The van der Waals surface area contributed by atoms with E-state index in [9.17, 15) is 4.79 Å². The third-order valence-corrected chi connectivity index (χ3v) is 7.66. The summed E-state index contributed by atoms with van der Waals surface area (Å²) in [6, 6.07) is 0. The molecule has 3 unspecified atom stereocenters. The van der Waals surface area contributed by atoms with Gasteiger partial charge in [-0.1, -0.05) is 73.3 Å². The molecule has 6 nitrogen and oxygen atoms in total. The Morgan fingerprint density at radius 1 is 1.11 bits per heavy atom. The SMILES string of the molecule is C=C1CC(OP)/C=C/C[C@@H]([C@H](/C=C/[C@@H]2CC(C)=CCO2)OP)OC(=O)/C=C\C[C@@H]2C=CC[C@@H](C[C@@H](C)C1)O2. The topological polar surface area (TPSA) is 63.2 Å². The fourth-order valence-electron chi connectivity index (χ4n) is 5.06. The summed E-state index contributed by atoms with van der Waals surface area (Å²) in [6.45, 7) is 9.26. The minimum absolute atomic E-state index is 0.0244. The number of esters is 1. The molecule has 0 N–H and O–H groups in total. The second kappa shape index (κ2) is 16.7. The second-order valence-corrected chi connectivity index (χ2v) is 11.1. The Morgan fingerprint density at radius 3 is 2.68 bits per heavy atom. The van der Waals surface area contributed by atoms with E-state index in [2.05, 4.69) is 57.6 Å². The first kappa shape index (κ1) is 31.1. The van der Waals surface area contributed by atoms with Crippen LogP contribution in [0.2, 0.25) is 0 Å². The van der Waals surface area contributed by atoms with Crippen molar-refractivity contribution in [1.82, 2.24) is 0 Å². The van der Waals surface area contributed by atoms with Gasteiger partial charge < -0.3 is 23.3 Å². The quantitative estimate of drug-likeness (QED) is 0.216. The maximum absolute atomic E-state index is 12.8. The van der Waals surface area contributed by atoms with E-state index in [0.29, 0.717) is 25.4 Å². The Labute approximate surface area is 233 Å². The van der Waals surface area contributed by atoms with Crippen LogP contribution in [0, 0.1) is 5.92 Å². The largest absolute Gasteiger partial charge is 0.456 e. The van der Waals surface area contributed by atoms with Crippen molar-refractivity contribution in [3.63, 3.8) is 0 Å². The van der Waals surface area contributed by atoms with E-state index < -0.39 is 18.2 Å². The van der Waals surface area contributed by atoms with Gasteiger partial charge in [-0.05, 0) is 51.4 Å². The van der Waals surface area contributed by atoms with E-state index in [1.807, 2.05) is 30.4 Å². The van der Waals surface area contributed by atoms with Gasteiger partial charge in [-0.3, -0.25) is 0 Å². The molecule has 0 spiro atoms. The van der Waals surface area contributed by atoms with Crippen LogP contribution >= 0.6 is 18.9 Å². The van der Waals surface area contributed by atoms with Crippen LogP contribution in [0.3, 0.4) is 0 Å². The van der Waals surface area contributed by atoms with Crippen LogP contribution in [0.15, 0.2) is 72.4 Å². The summed E-state index contributed by atoms with van der Waals surface area (Å²) in [5, 5.41) is 0. The first-order valence-corrected chi connectivity index (χ1v) is 14.5. The minimum atomic E-state index is -0.528. The van der Waals surface area contributed by atoms with E-state index >= 15 is 0 Å². The summed E-state index contributed by atoms with van der Waals surface area (Å²) in [6.07, 6.45) is 22.0. The van der Waals surface area contributed by atoms with Gasteiger partial charge in [-0.2, -0.15) is 0 Å². The number of carbonyl (C=O) groups excluding carboxylic acids is 1. The molecular weight excluding hydrogens is 518 g/mol. The number of rotatable bonds is 5. The number of fused-ring (bicyclic) bond motifs is 2. The Balaban J connectivity index is 1.76. The van der Waals surface area contributed by atoms with E-state index in [0.717, 1.165) is 37.7 Å². The van der Waals surface area contributed by atoms with Crippen molar-refractivity contribution < 1.29 is 28.1 Å². The van der Waals surface area contributed by atoms with Crippen LogP contribution in [0.25, 0.3) is 0 Å². The summed E-state index contributed by atoms with van der Waals surface area (Å²) in [7, 11) is 4.66. The Kier molecular flexibility index (Phi) is 13.6. The first-order chi connectivity index (χ1) is 18.4. The molecule has 3 aliphatic heterocycles. The minimum Gasteiger partial charge on any atom is -0.456 e. The zero-order valence-corrected chi connectivity index (χ0v) is 25.0. The van der Waals surface area contributed by atoms with Crippen LogP contribution < -0.4 is 0 Å². The van der Waals surface area contributed by atoms with Gasteiger partial charge in [0, 0.05) is 31.4 Å². The molecule has 210 valence electrons. The number of hydrogen-bond acceptors (Lipinski definition) is 6. The van der Waals surface area contributed by atoms with Crippen molar-refractivity contribution in [3.05, 3.63) is 72.4 Å². The fraction of sp³-hybridized carbons (Fsp3) is 0.567. The van der Waals surface area contributed by atoms with Gasteiger partial charge in [0.25, 0.3) is 0 Å². The van der Waals surface area contributed by atoms with Crippen LogP contribution in [-0.4, -0.2) is 49.2 Å². The van der Waals surface area contributed by atoms with Gasteiger partial charge in [-0.25, -0.2) is 4.79 Å². The Hall–Kier alpha value is -1.39. The van der Waals surface area contributed by atoms with E-state index in [4.69, 9.17) is 23.3 Å². The molecule has 0 aromatic rings. The predicted octanol–water partition coefficient (Wildman–Crippen LogP) is 6.52. The first-order valence-electron chi connectivity index (χ1n) is 13.6. The summed E-state index contributed by atoms with van der Waals surface area (Å²) in [5.41, 5.74) is 2.45. The molecule has 38 heavy (non-hydrogen) atoms. The summed E-state index contributed by atoms with van der Waals surface area (Å²) in [5.74, 6) is 0.0524. The molecule has 0 aromatic heterocycles. The summed E-state index contributed by atoms with van der Waals surface area (Å²) in [4.78, 5) is 12.8. The summed E-state index contributed by atoms with van der Waals surface area (Å²) < 4.78 is 29.3. The van der Waals surface area contributed by atoms with Crippen LogP contribution in [0.5, 0.6) is 0 Å². The van der Waals surface area contributed by atoms with Crippen LogP contribution in [0.4, 0.5) is 0 Å². The van der Waals surface area contributed by atoms with E-state index in [1.54, 1.807) is 0 Å². The van der Waals surface area contributed by atoms with Crippen molar-refractivity contribution in [1.29, 1.82) is 0 Å². The van der Waals surface area contributed by atoms with Gasteiger partial charge in [0.1, 0.15) is 12.2 Å². The smallest absolute Gasteiger partial charge is 0.330 e. The molecule has 0 aromatic carbocycles. The fourth-order valence-corrected chi connectivity index (χ4v) is 5.51. The summed E-state index contributed by atoms with van der Waals surface area (Å²) >= 11 is 0. The van der Waals surface area contributed by atoms with Gasteiger partial charge >= 0.3 is 5.97 Å². The molecule has 2 bridgehead atoms. The number of ether oxygens (including phenoxy) is 3. The van der Waals surface area contributed by atoms with Crippen molar-refractivity contribution in [2.75, 3.05) is 6.61 Å². The molecular formula is C30H44O6P2. The lowest BCUT2D eigenvalue weighted by Gasteiger charge is -2.28. The third-order valence-electron chi connectivity index (χ3n) is 7.00. The lowest BCUT2D eigenvalue weighted by Crippen LogP contribution is -2.30. The van der Waals surface area contributed by atoms with Crippen LogP contribution in [0.1, 0.15) is 58.8 Å². The standard InChI is InChI=1S/C30H44O6P2/c1-21-15-16-32-25(18-21)13-14-29(36-38)28-11-5-10-27(35-37)20-23(3)17-22(2)19-26-9-4-7-24(33-26)8-6-12-30(31)34-28/h4-7,10,12-15,22,24-29H,3,8-9,11,16-20,37-38H2,1-2H3/b10-5+,12-6-,14-13+/t22-,24-,25+,26-,27?,28-,29-/m0/s1. The predicted molar refractivity (Wildman–Crippen MR) is 158 cm³/mol. The Bertz CT molecular complexity index is 924. The molecule has 0 amide bonds. The molecule has 0 saturated carbocycles.